The van der Waals surface area contributed by atoms with Gasteiger partial charge in [0.05, 0.1) is 0 Å². The molecular formula is C29H41N. The van der Waals surface area contributed by atoms with E-state index in [0.717, 1.165) is 23.7 Å². The molecule has 0 saturated heterocycles. The Labute approximate surface area is 184 Å². The van der Waals surface area contributed by atoms with Gasteiger partial charge in [-0.05, 0) is 110 Å². The predicted octanol–water partition coefficient (Wildman–Crippen LogP) is 8.26. The fourth-order valence-corrected chi connectivity index (χ4v) is 7.94. The molecule has 0 bridgehead atoms. The van der Waals surface area contributed by atoms with Crippen LogP contribution in [0, 0.1) is 34.5 Å². The van der Waals surface area contributed by atoms with Gasteiger partial charge >= 0.3 is 0 Å². The molecule has 0 aromatic carbocycles. The van der Waals surface area contributed by atoms with Crippen LogP contribution in [0.2, 0.25) is 0 Å². The van der Waals surface area contributed by atoms with E-state index in [1.807, 2.05) is 6.20 Å². The topological polar surface area (TPSA) is 12.9 Å². The van der Waals surface area contributed by atoms with Gasteiger partial charge in [-0.2, -0.15) is 0 Å². The Hall–Kier alpha value is -1.63. The molecular weight excluding hydrogens is 362 g/mol. The molecule has 4 aliphatic rings. The third-order valence-electron chi connectivity index (χ3n) is 9.40. The van der Waals surface area contributed by atoms with Crippen molar-refractivity contribution < 1.29 is 0 Å². The lowest BCUT2D eigenvalue weighted by Gasteiger charge is -2.58. The molecule has 0 radical (unpaired) electrons. The van der Waals surface area contributed by atoms with Crippen molar-refractivity contribution in [1.82, 2.24) is 4.98 Å². The van der Waals surface area contributed by atoms with E-state index in [1.165, 1.54) is 62.5 Å². The first-order chi connectivity index (χ1) is 13.9. The van der Waals surface area contributed by atoms with Crippen molar-refractivity contribution in [2.75, 3.05) is 0 Å². The maximum atomic E-state index is 4.42. The molecule has 1 heterocycles. The third kappa shape index (κ3) is 3.24. The van der Waals surface area contributed by atoms with Crippen molar-refractivity contribution in [3.63, 3.8) is 0 Å². The largest absolute Gasteiger partial charge is 0.264 e. The summed E-state index contributed by atoms with van der Waals surface area (Å²) in [4.78, 5) is 4.42. The van der Waals surface area contributed by atoms with E-state index in [2.05, 4.69) is 62.8 Å². The average molecular weight is 404 g/mol. The Bertz CT molecular complexity index is 862. The van der Waals surface area contributed by atoms with Gasteiger partial charge in [-0.15, -0.1) is 6.58 Å². The number of hydrogen-bond acceptors (Lipinski definition) is 1. The van der Waals surface area contributed by atoms with Gasteiger partial charge in [-0.3, -0.25) is 4.98 Å². The summed E-state index contributed by atoms with van der Waals surface area (Å²) in [5.74, 6) is 3.38. The van der Waals surface area contributed by atoms with Crippen LogP contribution in [0.15, 0.2) is 54.4 Å². The Morgan fingerprint density at radius 2 is 1.90 bits per heavy atom. The monoisotopic (exact) mass is 403 g/mol. The van der Waals surface area contributed by atoms with E-state index in [1.54, 1.807) is 11.1 Å². The second-order valence-corrected chi connectivity index (χ2v) is 11.1. The lowest BCUT2D eigenvalue weighted by molar-refractivity contribution is -0.0145. The van der Waals surface area contributed by atoms with Crippen LogP contribution in [0.4, 0.5) is 0 Å². The summed E-state index contributed by atoms with van der Waals surface area (Å²) in [6.07, 6.45) is 19.9. The minimum atomic E-state index is 0. The first-order valence-electron chi connectivity index (χ1n) is 11.9. The van der Waals surface area contributed by atoms with Crippen molar-refractivity contribution in [3.05, 3.63) is 60.0 Å². The SMILES string of the molecule is C.C=C(C)CC1CCC2(C)C(=CCC3C2CCC2(C)C(c4cccnc4)=CCC32)C1. The van der Waals surface area contributed by atoms with E-state index < -0.39 is 0 Å². The van der Waals surface area contributed by atoms with Gasteiger partial charge < -0.3 is 0 Å². The molecule has 2 fully saturated rings. The molecule has 1 nitrogen and oxygen atoms in total. The molecule has 0 N–H and O–H groups in total. The molecule has 2 saturated carbocycles. The third-order valence-corrected chi connectivity index (χ3v) is 9.40. The molecule has 0 amide bonds. The number of pyridine rings is 1. The summed E-state index contributed by atoms with van der Waals surface area (Å²) in [6.45, 7) is 11.6. The number of fused-ring (bicyclic) bond motifs is 5. The molecule has 0 aliphatic heterocycles. The molecule has 1 heteroatoms. The van der Waals surface area contributed by atoms with E-state index >= 15 is 0 Å². The van der Waals surface area contributed by atoms with Crippen LogP contribution in [-0.2, 0) is 0 Å². The zero-order valence-corrected chi connectivity index (χ0v) is 18.6. The van der Waals surface area contributed by atoms with Gasteiger partial charge in [0, 0.05) is 12.4 Å². The van der Waals surface area contributed by atoms with Crippen LogP contribution in [0.25, 0.3) is 5.57 Å². The standard InChI is InChI=1S/C28H37N.CH4/c1-19(2)16-20-11-13-27(3)22(17-20)7-8-23-25-10-9-24(21-6-5-15-29-18-21)28(25,4)14-12-26(23)27;/h5-7,9,15,18,20,23,25-26H,1,8,10-14,16-17H2,2-4H3;1H4. The lowest BCUT2D eigenvalue weighted by atomic mass is 9.46. The van der Waals surface area contributed by atoms with E-state index in [4.69, 9.17) is 0 Å². The van der Waals surface area contributed by atoms with E-state index in [-0.39, 0.29) is 7.43 Å². The van der Waals surface area contributed by atoms with Crippen LogP contribution in [0.3, 0.4) is 0 Å². The van der Waals surface area contributed by atoms with Gasteiger partial charge in [-0.1, -0.05) is 50.6 Å². The number of aromatic nitrogens is 1. The van der Waals surface area contributed by atoms with Crippen LogP contribution in [-0.4, -0.2) is 4.98 Å². The molecule has 4 aliphatic carbocycles. The van der Waals surface area contributed by atoms with Crippen molar-refractivity contribution in [1.29, 1.82) is 0 Å². The zero-order valence-electron chi connectivity index (χ0n) is 18.6. The van der Waals surface area contributed by atoms with Crippen molar-refractivity contribution in [2.45, 2.75) is 79.6 Å². The highest BCUT2D eigenvalue weighted by molar-refractivity contribution is 5.72. The van der Waals surface area contributed by atoms with Gasteiger partial charge in [0.15, 0.2) is 0 Å². The summed E-state index contributed by atoms with van der Waals surface area (Å²) in [5, 5.41) is 0. The second-order valence-electron chi connectivity index (χ2n) is 11.1. The molecule has 6 atom stereocenters. The fourth-order valence-electron chi connectivity index (χ4n) is 7.94. The van der Waals surface area contributed by atoms with Gasteiger partial charge in [-0.25, -0.2) is 0 Å². The highest BCUT2D eigenvalue weighted by Gasteiger charge is 2.56. The Morgan fingerprint density at radius 1 is 1.10 bits per heavy atom. The first kappa shape index (κ1) is 21.6. The predicted molar refractivity (Wildman–Crippen MR) is 129 cm³/mol. The number of allylic oxidation sites excluding steroid dienone is 5. The van der Waals surface area contributed by atoms with Crippen molar-refractivity contribution in [3.8, 4) is 0 Å². The van der Waals surface area contributed by atoms with Gasteiger partial charge in [0.2, 0.25) is 0 Å². The average Bonchev–Trinajstić information content (AvgIpc) is 3.06. The Morgan fingerprint density at radius 3 is 2.63 bits per heavy atom. The van der Waals surface area contributed by atoms with Gasteiger partial charge in [0.1, 0.15) is 0 Å². The van der Waals surface area contributed by atoms with E-state index in [0.29, 0.717) is 10.8 Å². The van der Waals surface area contributed by atoms with Crippen LogP contribution in [0.1, 0.15) is 85.1 Å². The molecule has 1 aromatic heterocycles. The smallest absolute Gasteiger partial charge is 0.0343 e. The number of rotatable bonds is 3. The minimum absolute atomic E-state index is 0. The lowest BCUT2D eigenvalue weighted by Crippen LogP contribution is -2.49. The molecule has 5 rings (SSSR count). The number of hydrogen-bond donors (Lipinski definition) is 0. The molecule has 30 heavy (non-hydrogen) atoms. The normalized spacial score (nSPS) is 39.6. The highest BCUT2D eigenvalue weighted by Crippen LogP contribution is 2.66. The highest BCUT2D eigenvalue weighted by atomic mass is 14.6. The Balaban J connectivity index is 0.00000218. The van der Waals surface area contributed by atoms with Crippen molar-refractivity contribution in [2.24, 2.45) is 34.5 Å². The van der Waals surface area contributed by atoms with Crippen LogP contribution >= 0.6 is 0 Å². The maximum Gasteiger partial charge on any atom is 0.0343 e. The summed E-state index contributed by atoms with van der Waals surface area (Å²) in [6, 6.07) is 4.36. The summed E-state index contributed by atoms with van der Waals surface area (Å²) in [7, 11) is 0. The summed E-state index contributed by atoms with van der Waals surface area (Å²) in [5.41, 5.74) is 6.89. The summed E-state index contributed by atoms with van der Waals surface area (Å²) >= 11 is 0. The maximum absolute atomic E-state index is 4.42. The number of nitrogens with zero attached hydrogens (tertiary/aromatic N) is 1. The molecule has 6 unspecified atom stereocenters. The van der Waals surface area contributed by atoms with E-state index in [9.17, 15) is 0 Å². The zero-order chi connectivity index (χ0) is 20.2. The Kier molecular flexibility index (Phi) is 5.62. The molecule has 162 valence electrons. The summed E-state index contributed by atoms with van der Waals surface area (Å²) < 4.78 is 0. The second kappa shape index (κ2) is 7.81. The van der Waals surface area contributed by atoms with Gasteiger partial charge in [0.25, 0.3) is 0 Å². The van der Waals surface area contributed by atoms with Crippen molar-refractivity contribution >= 4 is 5.57 Å². The first-order valence-corrected chi connectivity index (χ1v) is 11.9. The minimum Gasteiger partial charge on any atom is -0.264 e. The molecule has 1 aromatic rings. The van der Waals surface area contributed by atoms with Crippen LogP contribution in [0.5, 0.6) is 0 Å². The molecule has 0 spiro atoms. The van der Waals surface area contributed by atoms with Crippen LogP contribution < -0.4 is 0 Å². The quantitative estimate of drug-likeness (QED) is 0.463. The fraction of sp³-hybridized carbons (Fsp3) is 0.621.